The molecule has 1 saturated heterocycles. The number of likely N-dealkylation sites (tertiary alicyclic amines) is 1. The van der Waals surface area contributed by atoms with E-state index < -0.39 is 0 Å². The zero-order chi connectivity index (χ0) is 15.0. The third-order valence-corrected chi connectivity index (χ3v) is 4.12. The van der Waals surface area contributed by atoms with Gasteiger partial charge in [-0.1, -0.05) is 20.8 Å². The van der Waals surface area contributed by atoms with Crippen molar-refractivity contribution in [3.8, 4) is 0 Å². The first-order valence-corrected chi connectivity index (χ1v) is 7.59. The maximum atomic E-state index is 4.65. The van der Waals surface area contributed by atoms with E-state index >= 15 is 0 Å². The largest absolute Gasteiger partial charge is 0.287 e. The molecule has 3 heterocycles. The predicted octanol–water partition coefficient (Wildman–Crippen LogP) is 2.17. The molecule has 6 heteroatoms. The molecule has 6 nitrogen and oxygen atoms in total. The summed E-state index contributed by atoms with van der Waals surface area (Å²) in [6.07, 6.45) is 4.27. The Labute approximate surface area is 125 Å². The van der Waals surface area contributed by atoms with Gasteiger partial charge >= 0.3 is 0 Å². The number of rotatable bonds is 3. The molecule has 0 radical (unpaired) electrons. The normalized spacial score (nSPS) is 20.3. The zero-order valence-electron chi connectivity index (χ0n) is 13.3. The fraction of sp³-hybridized carbons (Fsp3) is 0.667. The van der Waals surface area contributed by atoms with Gasteiger partial charge in [0, 0.05) is 18.7 Å². The van der Waals surface area contributed by atoms with Crippen molar-refractivity contribution < 1.29 is 0 Å². The second kappa shape index (κ2) is 5.26. The molecule has 3 rings (SSSR count). The minimum atomic E-state index is -0.0127. The maximum Gasteiger partial charge on any atom is 0.156 e. The van der Waals surface area contributed by atoms with E-state index in [1.165, 1.54) is 18.5 Å². The van der Waals surface area contributed by atoms with E-state index in [1.807, 2.05) is 17.9 Å². The van der Waals surface area contributed by atoms with Crippen molar-refractivity contribution in [2.24, 2.45) is 7.05 Å². The topological polar surface area (TPSA) is 62.6 Å². The summed E-state index contributed by atoms with van der Waals surface area (Å²) in [6.45, 7) is 8.32. The highest BCUT2D eigenvalue weighted by atomic mass is 15.3. The number of hydrogen-bond acceptors (Lipinski definition) is 4. The van der Waals surface area contributed by atoms with Crippen molar-refractivity contribution >= 4 is 0 Å². The van der Waals surface area contributed by atoms with Crippen LogP contribution in [0.25, 0.3) is 0 Å². The lowest BCUT2D eigenvalue weighted by Gasteiger charge is -2.23. The van der Waals surface area contributed by atoms with Crippen LogP contribution < -0.4 is 0 Å². The molecule has 1 unspecified atom stereocenters. The second-order valence-electron chi connectivity index (χ2n) is 6.86. The van der Waals surface area contributed by atoms with Crippen LogP contribution in [-0.4, -0.2) is 36.4 Å². The fourth-order valence-electron chi connectivity index (χ4n) is 2.96. The lowest BCUT2D eigenvalue weighted by Crippen LogP contribution is -2.25. The highest BCUT2D eigenvalue weighted by Crippen LogP contribution is 2.32. The Morgan fingerprint density at radius 1 is 1.38 bits per heavy atom. The lowest BCUT2D eigenvalue weighted by molar-refractivity contribution is 0.233. The minimum absolute atomic E-state index is 0.0127. The maximum absolute atomic E-state index is 4.65. The number of nitrogens with zero attached hydrogens (tertiary/aromatic N) is 5. The van der Waals surface area contributed by atoms with Crippen LogP contribution in [0.1, 0.15) is 57.0 Å². The number of aromatic nitrogens is 5. The van der Waals surface area contributed by atoms with Gasteiger partial charge in [0.1, 0.15) is 5.82 Å². The highest BCUT2D eigenvalue weighted by molar-refractivity contribution is 5.10. The van der Waals surface area contributed by atoms with Gasteiger partial charge in [-0.25, -0.2) is 4.98 Å². The number of aromatic amines is 1. The van der Waals surface area contributed by atoms with Crippen molar-refractivity contribution in [3.05, 3.63) is 29.6 Å². The van der Waals surface area contributed by atoms with Crippen molar-refractivity contribution in [1.29, 1.82) is 0 Å². The average molecular weight is 288 g/mol. The van der Waals surface area contributed by atoms with Crippen LogP contribution in [0.2, 0.25) is 0 Å². The first-order chi connectivity index (χ1) is 9.95. The Balaban J connectivity index is 1.75. The molecule has 2 aromatic heterocycles. The summed E-state index contributed by atoms with van der Waals surface area (Å²) >= 11 is 0. The molecule has 0 amide bonds. The standard InChI is InChI=1S/C15H24N6/c1-15(2,3)14-17-13(18-19-14)10-21-9-5-6-12(21)11-7-8-16-20(11)4/h7-8,12H,5-6,9-10H2,1-4H3,(H,17,18,19). The first kappa shape index (κ1) is 14.3. The monoisotopic (exact) mass is 288 g/mol. The van der Waals surface area contributed by atoms with Crippen LogP contribution in [0.15, 0.2) is 12.3 Å². The molecular formula is C15H24N6. The van der Waals surface area contributed by atoms with Gasteiger partial charge in [-0.2, -0.15) is 10.2 Å². The third-order valence-electron chi connectivity index (χ3n) is 4.12. The highest BCUT2D eigenvalue weighted by Gasteiger charge is 2.29. The van der Waals surface area contributed by atoms with E-state index in [-0.39, 0.29) is 5.41 Å². The van der Waals surface area contributed by atoms with Crippen molar-refractivity contribution in [1.82, 2.24) is 29.9 Å². The van der Waals surface area contributed by atoms with Crippen molar-refractivity contribution in [2.45, 2.75) is 51.6 Å². The summed E-state index contributed by atoms with van der Waals surface area (Å²) in [6, 6.07) is 2.55. The van der Waals surface area contributed by atoms with Gasteiger partial charge in [-0.3, -0.25) is 14.7 Å². The second-order valence-corrected chi connectivity index (χ2v) is 6.86. The van der Waals surface area contributed by atoms with E-state index in [2.05, 4.69) is 52.0 Å². The average Bonchev–Trinajstić information content (AvgIpc) is 3.09. The van der Waals surface area contributed by atoms with Crippen molar-refractivity contribution in [2.75, 3.05) is 6.54 Å². The number of aryl methyl sites for hydroxylation is 1. The molecule has 2 aromatic rings. The molecule has 114 valence electrons. The summed E-state index contributed by atoms with van der Waals surface area (Å²) < 4.78 is 1.98. The molecule has 0 aliphatic carbocycles. The Kier molecular flexibility index (Phi) is 3.57. The van der Waals surface area contributed by atoms with Crippen LogP contribution in [0.3, 0.4) is 0 Å². The SMILES string of the molecule is Cn1nccc1C1CCCN1Cc1nc(C(C)(C)C)n[nH]1. The van der Waals surface area contributed by atoms with Crippen LogP contribution in [-0.2, 0) is 19.0 Å². The van der Waals surface area contributed by atoms with Gasteiger partial charge in [-0.15, -0.1) is 0 Å². The van der Waals surface area contributed by atoms with Crippen LogP contribution in [0, 0.1) is 0 Å². The summed E-state index contributed by atoms with van der Waals surface area (Å²) in [5, 5.41) is 11.7. The van der Waals surface area contributed by atoms with Gasteiger partial charge in [0.05, 0.1) is 18.3 Å². The Morgan fingerprint density at radius 2 is 2.19 bits per heavy atom. The Bertz CT molecular complexity index is 606. The van der Waals surface area contributed by atoms with E-state index in [0.29, 0.717) is 6.04 Å². The molecule has 0 bridgehead atoms. The van der Waals surface area contributed by atoms with Gasteiger partial charge in [0.25, 0.3) is 0 Å². The summed E-state index contributed by atoms with van der Waals surface area (Å²) in [5.74, 6) is 1.84. The Morgan fingerprint density at radius 3 is 2.81 bits per heavy atom. The van der Waals surface area contributed by atoms with Gasteiger partial charge < -0.3 is 0 Å². The summed E-state index contributed by atoms with van der Waals surface area (Å²) in [7, 11) is 2.01. The van der Waals surface area contributed by atoms with E-state index in [1.54, 1.807) is 0 Å². The summed E-state index contributed by atoms with van der Waals surface area (Å²) in [5.41, 5.74) is 1.27. The molecule has 0 aromatic carbocycles. The summed E-state index contributed by atoms with van der Waals surface area (Å²) in [4.78, 5) is 7.11. The van der Waals surface area contributed by atoms with Gasteiger partial charge in [0.15, 0.2) is 5.82 Å². The van der Waals surface area contributed by atoms with Gasteiger partial charge in [-0.05, 0) is 25.5 Å². The predicted molar refractivity (Wildman–Crippen MR) is 80.7 cm³/mol. The molecule has 21 heavy (non-hydrogen) atoms. The van der Waals surface area contributed by atoms with Gasteiger partial charge in [0.2, 0.25) is 0 Å². The molecular weight excluding hydrogens is 264 g/mol. The molecule has 1 aliphatic rings. The minimum Gasteiger partial charge on any atom is -0.287 e. The number of hydrogen-bond donors (Lipinski definition) is 1. The van der Waals surface area contributed by atoms with Crippen LogP contribution >= 0.6 is 0 Å². The quantitative estimate of drug-likeness (QED) is 0.940. The van der Waals surface area contributed by atoms with Crippen LogP contribution in [0.4, 0.5) is 0 Å². The Hall–Kier alpha value is -1.69. The van der Waals surface area contributed by atoms with E-state index in [9.17, 15) is 0 Å². The molecule has 1 N–H and O–H groups in total. The van der Waals surface area contributed by atoms with E-state index in [0.717, 1.165) is 24.7 Å². The molecule has 0 spiro atoms. The number of H-pyrrole nitrogens is 1. The first-order valence-electron chi connectivity index (χ1n) is 7.59. The molecule has 0 saturated carbocycles. The molecule has 1 atom stereocenters. The fourth-order valence-corrected chi connectivity index (χ4v) is 2.96. The molecule has 1 fully saturated rings. The van der Waals surface area contributed by atoms with E-state index in [4.69, 9.17) is 0 Å². The van der Waals surface area contributed by atoms with Crippen LogP contribution in [0.5, 0.6) is 0 Å². The zero-order valence-corrected chi connectivity index (χ0v) is 13.3. The third kappa shape index (κ3) is 2.85. The molecule has 1 aliphatic heterocycles. The lowest BCUT2D eigenvalue weighted by atomic mass is 9.96. The smallest absolute Gasteiger partial charge is 0.156 e. The number of nitrogens with one attached hydrogen (secondary N) is 1. The van der Waals surface area contributed by atoms with Crippen molar-refractivity contribution in [3.63, 3.8) is 0 Å².